The lowest BCUT2D eigenvalue weighted by Crippen LogP contribution is -2.04. The molecule has 0 radical (unpaired) electrons. The first kappa shape index (κ1) is 8.43. The van der Waals surface area contributed by atoms with Crippen LogP contribution in [0.4, 0.5) is 0 Å². The van der Waals surface area contributed by atoms with Gasteiger partial charge in [-0.25, -0.2) is 0 Å². The summed E-state index contributed by atoms with van der Waals surface area (Å²) in [5.74, 6) is 0.0110. The quantitative estimate of drug-likeness (QED) is 0.624. The second-order valence-electron chi connectivity index (χ2n) is 2.74. The average molecular weight is 156 g/mol. The van der Waals surface area contributed by atoms with E-state index in [2.05, 4.69) is 0 Å². The number of aliphatic hydroxyl groups is 1. The molecular weight excluding hydrogens is 144 g/mol. The molecule has 0 amide bonds. The van der Waals surface area contributed by atoms with E-state index < -0.39 is 6.10 Å². The molecule has 0 aromatic heterocycles. The molecule has 0 heterocycles. The summed E-state index contributed by atoms with van der Waals surface area (Å²) in [4.78, 5) is 11.1. The summed E-state index contributed by atoms with van der Waals surface area (Å²) in [5.41, 5.74) is 1.40. The van der Waals surface area contributed by atoms with Crippen LogP contribution in [-0.4, -0.2) is 30.7 Å². The zero-order valence-corrected chi connectivity index (χ0v) is 6.76. The Morgan fingerprint density at radius 1 is 1.73 bits per heavy atom. The van der Waals surface area contributed by atoms with Crippen molar-refractivity contribution in [2.75, 3.05) is 13.7 Å². The highest BCUT2D eigenvalue weighted by Gasteiger charge is 2.27. The van der Waals surface area contributed by atoms with Gasteiger partial charge >= 0.3 is 0 Å². The molecule has 1 atom stereocenters. The molecule has 1 N–H and O–H groups in total. The minimum atomic E-state index is -0.576. The molecule has 0 bridgehead atoms. The molecule has 0 fully saturated rings. The van der Waals surface area contributed by atoms with Crippen LogP contribution in [0.2, 0.25) is 0 Å². The molecule has 3 nitrogen and oxygen atoms in total. The Morgan fingerprint density at radius 2 is 2.36 bits per heavy atom. The van der Waals surface area contributed by atoms with Gasteiger partial charge in [0.25, 0.3) is 0 Å². The Morgan fingerprint density at radius 3 is 2.73 bits per heavy atom. The molecule has 1 unspecified atom stereocenters. The molecule has 0 saturated carbocycles. The highest BCUT2D eigenvalue weighted by atomic mass is 16.5. The molecule has 0 aromatic carbocycles. The molecule has 11 heavy (non-hydrogen) atoms. The fourth-order valence-electron chi connectivity index (χ4n) is 1.21. The van der Waals surface area contributed by atoms with E-state index in [4.69, 9.17) is 4.74 Å². The van der Waals surface area contributed by atoms with Crippen LogP contribution in [0.25, 0.3) is 0 Å². The van der Waals surface area contributed by atoms with Crippen LogP contribution >= 0.6 is 0 Å². The van der Waals surface area contributed by atoms with Crippen molar-refractivity contribution >= 4 is 5.78 Å². The van der Waals surface area contributed by atoms with Crippen molar-refractivity contribution in [3.8, 4) is 0 Å². The van der Waals surface area contributed by atoms with Gasteiger partial charge in [-0.05, 0) is 12.5 Å². The number of ketones is 1. The van der Waals surface area contributed by atoms with Crippen LogP contribution in [0, 0.1) is 0 Å². The summed E-state index contributed by atoms with van der Waals surface area (Å²) in [6.45, 7) is 2.09. The molecule has 1 rings (SSSR count). The van der Waals surface area contributed by atoms with Crippen molar-refractivity contribution in [1.82, 2.24) is 0 Å². The van der Waals surface area contributed by atoms with E-state index in [0.717, 1.165) is 5.57 Å². The topological polar surface area (TPSA) is 46.5 Å². The van der Waals surface area contributed by atoms with Gasteiger partial charge in [0.15, 0.2) is 5.78 Å². The van der Waals surface area contributed by atoms with Gasteiger partial charge in [-0.2, -0.15) is 0 Å². The highest BCUT2D eigenvalue weighted by molar-refractivity contribution is 5.99. The maximum absolute atomic E-state index is 11.1. The van der Waals surface area contributed by atoms with Crippen LogP contribution in [-0.2, 0) is 9.53 Å². The van der Waals surface area contributed by atoms with E-state index >= 15 is 0 Å². The Hall–Kier alpha value is -0.670. The number of rotatable bonds is 2. The van der Waals surface area contributed by atoms with Gasteiger partial charge < -0.3 is 9.84 Å². The van der Waals surface area contributed by atoms with Crippen LogP contribution in [0.3, 0.4) is 0 Å². The van der Waals surface area contributed by atoms with Crippen molar-refractivity contribution < 1.29 is 14.6 Å². The fraction of sp³-hybridized carbons (Fsp3) is 0.625. The highest BCUT2D eigenvalue weighted by Crippen LogP contribution is 2.22. The van der Waals surface area contributed by atoms with E-state index in [0.29, 0.717) is 12.2 Å². The monoisotopic (exact) mass is 156 g/mol. The SMILES string of the molecule is COCC1=C(C)C(O)CC1=O. The third kappa shape index (κ3) is 1.49. The standard InChI is InChI=1S/C8H12O3/c1-5-6(4-11-2)8(10)3-7(5)9/h7,9H,3-4H2,1-2H3. The van der Waals surface area contributed by atoms with E-state index in [9.17, 15) is 9.90 Å². The third-order valence-electron chi connectivity index (χ3n) is 1.98. The average Bonchev–Trinajstić information content (AvgIpc) is 2.17. The van der Waals surface area contributed by atoms with E-state index in [1.54, 1.807) is 6.92 Å². The first-order chi connectivity index (χ1) is 5.16. The van der Waals surface area contributed by atoms with Crippen LogP contribution in [0.1, 0.15) is 13.3 Å². The molecule has 3 heteroatoms. The van der Waals surface area contributed by atoms with Crippen molar-refractivity contribution in [1.29, 1.82) is 0 Å². The van der Waals surface area contributed by atoms with E-state index in [-0.39, 0.29) is 12.2 Å². The molecule has 0 saturated heterocycles. The maximum Gasteiger partial charge on any atom is 0.164 e. The Balaban J connectivity index is 2.79. The number of ether oxygens (including phenoxy) is 1. The second kappa shape index (κ2) is 3.15. The molecule has 62 valence electrons. The van der Waals surface area contributed by atoms with Gasteiger partial charge in [-0.3, -0.25) is 4.79 Å². The number of Topliss-reactive ketones (excluding diaryl/α,β-unsaturated/α-hetero) is 1. The summed E-state index contributed by atoms with van der Waals surface area (Å²) >= 11 is 0. The van der Waals surface area contributed by atoms with E-state index in [1.165, 1.54) is 7.11 Å². The first-order valence-electron chi connectivity index (χ1n) is 3.56. The Bertz CT molecular complexity index is 205. The van der Waals surface area contributed by atoms with Crippen molar-refractivity contribution in [2.45, 2.75) is 19.4 Å². The van der Waals surface area contributed by atoms with Crippen LogP contribution in [0.15, 0.2) is 11.1 Å². The zero-order valence-electron chi connectivity index (χ0n) is 6.76. The van der Waals surface area contributed by atoms with Crippen LogP contribution in [0.5, 0.6) is 0 Å². The number of hydrogen-bond donors (Lipinski definition) is 1. The smallest absolute Gasteiger partial charge is 0.164 e. The van der Waals surface area contributed by atoms with Gasteiger partial charge in [0, 0.05) is 19.1 Å². The number of methoxy groups -OCH3 is 1. The maximum atomic E-state index is 11.1. The molecule has 1 aliphatic rings. The number of carbonyl (C=O) groups is 1. The summed E-state index contributed by atoms with van der Waals surface area (Å²) in [7, 11) is 1.54. The minimum Gasteiger partial charge on any atom is -0.388 e. The van der Waals surface area contributed by atoms with Gasteiger partial charge in [0.1, 0.15) is 0 Å². The van der Waals surface area contributed by atoms with E-state index in [1.807, 2.05) is 0 Å². The zero-order chi connectivity index (χ0) is 8.43. The number of carbonyl (C=O) groups excluding carboxylic acids is 1. The predicted molar refractivity (Wildman–Crippen MR) is 40.2 cm³/mol. The summed E-state index contributed by atoms with van der Waals surface area (Å²) < 4.78 is 4.83. The predicted octanol–water partition coefficient (Wildman–Crippen LogP) is 0.283. The molecule has 0 aromatic rings. The minimum absolute atomic E-state index is 0.0110. The Kier molecular flexibility index (Phi) is 2.42. The van der Waals surface area contributed by atoms with Gasteiger partial charge in [-0.1, -0.05) is 0 Å². The third-order valence-corrected chi connectivity index (χ3v) is 1.98. The lowest BCUT2D eigenvalue weighted by Gasteiger charge is -2.01. The first-order valence-corrected chi connectivity index (χ1v) is 3.56. The van der Waals surface area contributed by atoms with Crippen molar-refractivity contribution in [2.24, 2.45) is 0 Å². The summed E-state index contributed by atoms with van der Waals surface area (Å²) in [5, 5.41) is 9.23. The number of aliphatic hydroxyl groups excluding tert-OH is 1. The van der Waals surface area contributed by atoms with Gasteiger partial charge in [0.05, 0.1) is 12.7 Å². The molecule has 0 spiro atoms. The van der Waals surface area contributed by atoms with Crippen LogP contribution < -0.4 is 0 Å². The van der Waals surface area contributed by atoms with Crippen molar-refractivity contribution in [3.63, 3.8) is 0 Å². The lowest BCUT2D eigenvalue weighted by molar-refractivity contribution is -0.116. The molecule has 0 aliphatic heterocycles. The lowest BCUT2D eigenvalue weighted by atomic mass is 10.2. The molecule has 1 aliphatic carbocycles. The molecular formula is C8H12O3. The van der Waals surface area contributed by atoms with Gasteiger partial charge in [-0.15, -0.1) is 0 Å². The normalized spacial score (nSPS) is 25.0. The fourth-order valence-corrected chi connectivity index (χ4v) is 1.21. The Labute approximate surface area is 65.7 Å². The summed E-state index contributed by atoms with van der Waals surface area (Å²) in [6.07, 6.45) is -0.350. The summed E-state index contributed by atoms with van der Waals surface area (Å²) in [6, 6.07) is 0. The second-order valence-corrected chi connectivity index (χ2v) is 2.74. The number of hydrogen-bond acceptors (Lipinski definition) is 3. The van der Waals surface area contributed by atoms with Crippen molar-refractivity contribution in [3.05, 3.63) is 11.1 Å². The largest absolute Gasteiger partial charge is 0.388 e. The van der Waals surface area contributed by atoms with Gasteiger partial charge in [0.2, 0.25) is 0 Å².